The molecule has 1 aliphatic rings. The molecule has 1 fully saturated rings. The Kier molecular flexibility index (Phi) is 5.30. The van der Waals surface area contributed by atoms with Crippen LogP contribution < -0.4 is 0 Å². The first-order chi connectivity index (χ1) is 11.8. The molecule has 0 atom stereocenters. The molecule has 5 nitrogen and oxygen atoms in total. The summed E-state index contributed by atoms with van der Waals surface area (Å²) in [5.41, 5.74) is 2.55. The van der Waals surface area contributed by atoms with Crippen molar-refractivity contribution in [2.45, 2.75) is 38.6 Å². The Labute approximate surface area is 142 Å². The van der Waals surface area contributed by atoms with Crippen molar-refractivity contribution in [2.75, 3.05) is 19.7 Å². The van der Waals surface area contributed by atoms with Crippen molar-refractivity contribution in [1.29, 1.82) is 0 Å². The van der Waals surface area contributed by atoms with Gasteiger partial charge in [-0.05, 0) is 19.8 Å². The maximum absolute atomic E-state index is 12.9. The summed E-state index contributed by atoms with van der Waals surface area (Å²) in [7, 11) is 0. The van der Waals surface area contributed by atoms with E-state index in [-0.39, 0.29) is 12.5 Å². The first-order valence-corrected chi connectivity index (χ1v) is 8.79. The van der Waals surface area contributed by atoms with Crippen molar-refractivity contribution in [3.8, 4) is 11.3 Å². The van der Waals surface area contributed by atoms with Crippen LogP contribution in [-0.2, 0) is 0 Å². The second-order valence-electron chi connectivity index (χ2n) is 6.26. The van der Waals surface area contributed by atoms with Gasteiger partial charge in [0.1, 0.15) is 0 Å². The standard InChI is InChI=1S/C19H25N3O2/c1-2-21(12-13-23)19(24)17-14-20-22(16-10-6-7-11-16)18(17)15-8-4-3-5-9-15/h3-5,8-9,14,16,23H,2,6-7,10-13H2,1H3. The number of hydrogen-bond donors (Lipinski definition) is 1. The summed E-state index contributed by atoms with van der Waals surface area (Å²) in [5, 5.41) is 13.8. The van der Waals surface area contributed by atoms with E-state index in [0.717, 1.165) is 24.1 Å². The molecule has 1 N–H and O–H groups in total. The van der Waals surface area contributed by atoms with Crippen molar-refractivity contribution in [3.63, 3.8) is 0 Å². The molecule has 1 aliphatic carbocycles. The number of rotatable bonds is 6. The molecule has 1 aromatic heterocycles. The lowest BCUT2D eigenvalue weighted by atomic mass is 10.1. The van der Waals surface area contributed by atoms with Crippen molar-refractivity contribution in [1.82, 2.24) is 14.7 Å². The van der Waals surface area contributed by atoms with E-state index in [9.17, 15) is 9.90 Å². The second-order valence-corrected chi connectivity index (χ2v) is 6.26. The van der Waals surface area contributed by atoms with Gasteiger partial charge in [0.2, 0.25) is 0 Å². The number of aliphatic hydroxyl groups is 1. The molecular weight excluding hydrogens is 302 g/mol. The zero-order valence-electron chi connectivity index (χ0n) is 14.2. The van der Waals surface area contributed by atoms with Crippen LogP contribution in [0.15, 0.2) is 36.5 Å². The molecule has 0 radical (unpaired) electrons. The Morgan fingerprint density at radius 3 is 2.62 bits per heavy atom. The molecular formula is C19H25N3O2. The van der Waals surface area contributed by atoms with Gasteiger partial charge in [0.25, 0.3) is 5.91 Å². The van der Waals surface area contributed by atoms with Crippen molar-refractivity contribution < 1.29 is 9.90 Å². The van der Waals surface area contributed by atoms with E-state index in [1.165, 1.54) is 12.8 Å². The SMILES string of the molecule is CCN(CCO)C(=O)c1cnn(C2CCCC2)c1-c1ccccc1. The van der Waals surface area contributed by atoms with Crippen molar-refractivity contribution in [3.05, 3.63) is 42.1 Å². The molecule has 0 saturated heterocycles. The molecule has 3 rings (SSSR count). The van der Waals surface area contributed by atoms with E-state index < -0.39 is 0 Å². The highest BCUT2D eigenvalue weighted by Gasteiger charge is 2.27. The summed E-state index contributed by atoms with van der Waals surface area (Å²) in [5.74, 6) is -0.0605. The molecule has 2 aromatic rings. The van der Waals surface area contributed by atoms with E-state index >= 15 is 0 Å². The van der Waals surface area contributed by atoms with Crippen LogP contribution in [0.1, 0.15) is 49.0 Å². The van der Waals surface area contributed by atoms with Gasteiger partial charge >= 0.3 is 0 Å². The first-order valence-electron chi connectivity index (χ1n) is 8.79. The van der Waals surface area contributed by atoms with Crippen molar-refractivity contribution >= 4 is 5.91 Å². The quantitative estimate of drug-likeness (QED) is 0.887. The second kappa shape index (κ2) is 7.62. The van der Waals surface area contributed by atoms with Gasteiger partial charge in [0.15, 0.2) is 0 Å². The number of aliphatic hydroxyl groups excluding tert-OH is 1. The minimum Gasteiger partial charge on any atom is -0.395 e. The predicted octanol–water partition coefficient (Wildman–Crippen LogP) is 3.12. The highest BCUT2D eigenvalue weighted by Crippen LogP contribution is 2.35. The van der Waals surface area contributed by atoms with E-state index in [1.54, 1.807) is 11.1 Å². The van der Waals surface area contributed by atoms with Gasteiger partial charge in [-0.2, -0.15) is 5.10 Å². The smallest absolute Gasteiger partial charge is 0.257 e. The van der Waals surface area contributed by atoms with Crippen LogP contribution in [0.2, 0.25) is 0 Å². The summed E-state index contributed by atoms with van der Waals surface area (Å²) in [4.78, 5) is 14.6. The largest absolute Gasteiger partial charge is 0.395 e. The number of amides is 1. The monoisotopic (exact) mass is 327 g/mol. The first kappa shape index (κ1) is 16.7. The van der Waals surface area contributed by atoms with Crippen LogP contribution in [0.5, 0.6) is 0 Å². The van der Waals surface area contributed by atoms with Crippen LogP contribution >= 0.6 is 0 Å². The van der Waals surface area contributed by atoms with E-state index in [4.69, 9.17) is 0 Å². The van der Waals surface area contributed by atoms with Gasteiger partial charge in [0.05, 0.1) is 30.1 Å². The number of aromatic nitrogens is 2. The molecule has 1 saturated carbocycles. The zero-order chi connectivity index (χ0) is 16.9. The minimum atomic E-state index is -0.0605. The fourth-order valence-corrected chi connectivity index (χ4v) is 3.52. The molecule has 1 amide bonds. The average molecular weight is 327 g/mol. The predicted molar refractivity (Wildman–Crippen MR) is 93.8 cm³/mol. The Bertz CT molecular complexity index is 675. The number of likely N-dealkylation sites (N-methyl/N-ethyl adjacent to an activating group) is 1. The Hall–Kier alpha value is -2.14. The topological polar surface area (TPSA) is 58.4 Å². The third-order valence-electron chi connectivity index (χ3n) is 4.78. The summed E-state index contributed by atoms with van der Waals surface area (Å²) < 4.78 is 2.04. The molecule has 0 bridgehead atoms. The summed E-state index contributed by atoms with van der Waals surface area (Å²) in [6, 6.07) is 10.4. The summed E-state index contributed by atoms with van der Waals surface area (Å²) in [6.07, 6.45) is 6.36. The highest BCUT2D eigenvalue weighted by molar-refractivity contribution is 6.00. The molecule has 0 unspecified atom stereocenters. The van der Waals surface area contributed by atoms with Crippen LogP contribution in [0, 0.1) is 0 Å². The molecule has 0 spiro atoms. The van der Waals surface area contributed by atoms with E-state index in [0.29, 0.717) is 24.7 Å². The third kappa shape index (κ3) is 3.22. The van der Waals surface area contributed by atoms with Crippen LogP contribution in [0.3, 0.4) is 0 Å². The fourth-order valence-electron chi connectivity index (χ4n) is 3.52. The molecule has 128 valence electrons. The number of nitrogens with zero attached hydrogens (tertiary/aromatic N) is 3. The van der Waals surface area contributed by atoms with Gasteiger partial charge in [-0.15, -0.1) is 0 Å². The number of benzene rings is 1. The lowest BCUT2D eigenvalue weighted by Crippen LogP contribution is -2.33. The van der Waals surface area contributed by atoms with Crippen molar-refractivity contribution in [2.24, 2.45) is 0 Å². The lowest BCUT2D eigenvalue weighted by molar-refractivity contribution is 0.0732. The highest BCUT2D eigenvalue weighted by atomic mass is 16.3. The van der Waals surface area contributed by atoms with E-state index in [2.05, 4.69) is 5.10 Å². The summed E-state index contributed by atoms with van der Waals surface area (Å²) >= 11 is 0. The minimum absolute atomic E-state index is 0.0307. The normalized spacial score (nSPS) is 14.9. The zero-order valence-corrected chi connectivity index (χ0v) is 14.2. The maximum atomic E-state index is 12.9. The molecule has 1 heterocycles. The van der Waals surface area contributed by atoms with Crippen LogP contribution in [-0.4, -0.2) is 45.4 Å². The number of carbonyl (C=O) groups is 1. The van der Waals surface area contributed by atoms with Gasteiger partial charge in [-0.1, -0.05) is 43.2 Å². The Morgan fingerprint density at radius 1 is 1.29 bits per heavy atom. The van der Waals surface area contributed by atoms with Gasteiger partial charge in [-0.3, -0.25) is 9.48 Å². The molecule has 24 heavy (non-hydrogen) atoms. The van der Waals surface area contributed by atoms with Gasteiger partial charge < -0.3 is 10.0 Å². The van der Waals surface area contributed by atoms with Gasteiger partial charge in [0, 0.05) is 18.7 Å². The van der Waals surface area contributed by atoms with Gasteiger partial charge in [-0.25, -0.2) is 0 Å². The summed E-state index contributed by atoms with van der Waals surface area (Å²) in [6.45, 7) is 2.81. The Balaban J connectivity index is 2.04. The third-order valence-corrected chi connectivity index (χ3v) is 4.78. The number of hydrogen-bond acceptors (Lipinski definition) is 3. The van der Waals surface area contributed by atoms with Crippen LogP contribution in [0.4, 0.5) is 0 Å². The Morgan fingerprint density at radius 2 is 2.00 bits per heavy atom. The molecule has 1 aromatic carbocycles. The lowest BCUT2D eigenvalue weighted by Gasteiger charge is -2.21. The molecule has 0 aliphatic heterocycles. The van der Waals surface area contributed by atoms with E-state index in [1.807, 2.05) is 41.9 Å². The number of carbonyl (C=O) groups excluding carboxylic acids is 1. The average Bonchev–Trinajstić information content (AvgIpc) is 3.28. The maximum Gasteiger partial charge on any atom is 0.257 e. The van der Waals surface area contributed by atoms with Crippen LogP contribution in [0.25, 0.3) is 11.3 Å². The fraction of sp³-hybridized carbons (Fsp3) is 0.474. The molecule has 5 heteroatoms.